The fourth-order valence-electron chi connectivity index (χ4n) is 7.42. The first kappa shape index (κ1) is 37.4. The van der Waals surface area contributed by atoms with Gasteiger partial charge in [-0.1, -0.05) is 17.3 Å². The molecule has 55 heavy (non-hydrogen) atoms. The van der Waals surface area contributed by atoms with E-state index < -0.39 is 17.7 Å². The number of aliphatic hydroxyl groups is 2. The second-order valence-electron chi connectivity index (χ2n) is 13.8. The second kappa shape index (κ2) is 15.6. The zero-order valence-electron chi connectivity index (χ0n) is 29.8. The summed E-state index contributed by atoms with van der Waals surface area (Å²) < 4.78 is 10.6. The van der Waals surface area contributed by atoms with E-state index in [2.05, 4.69) is 46.5 Å². The number of phenols is 1. The van der Waals surface area contributed by atoms with Gasteiger partial charge in [0.1, 0.15) is 22.9 Å². The molecule has 1 aliphatic rings. The molecule has 0 amide bonds. The number of fused-ring (bicyclic) bond motifs is 4. The summed E-state index contributed by atoms with van der Waals surface area (Å²) in [4.78, 5) is 31.4. The van der Waals surface area contributed by atoms with Crippen molar-refractivity contribution in [3.63, 3.8) is 0 Å². The monoisotopic (exact) mass is 846 g/mol. The molecule has 5 aromatic heterocycles. The number of pyridine rings is 1. The highest BCUT2D eigenvalue weighted by Crippen LogP contribution is 2.40. The minimum absolute atomic E-state index is 0.0544. The van der Waals surface area contributed by atoms with Crippen molar-refractivity contribution in [3.05, 3.63) is 101 Å². The molecule has 0 radical (unpaired) electrons. The van der Waals surface area contributed by atoms with Crippen LogP contribution in [0.15, 0.2) is 74.8 Å². The lowest BCUT2D eigenvalue weighted by atomic mass is 9.99. The summed E-state index contributed by atoms with van der Waals surface area (Å²) in [5.41, 5.74) is 2.27. The molecule has 1 aliphatic heterocycles. The van der Waals surface area contributed by atoms with Gasteiger partial charge < -0.3 is 35.3 Å². The molecule has 14 nitrogen and oxygen atoms in total. The highest BCUT2D eigenvalue weighted by atomic mass is 79.9. The van der Waals surface area contributed by atoms with E-state index in [1.165, 1.54) is 34.8 Å². The Bertz CT molecular complexity index is 2540. The van der Waals surface area contributed by atoms with Gasteiger partial charge in [0.15, 0.2) is 0 Å². The quantitative estimate of drug-likeness (QED) is 0.0995. The van der Waals surface area contributed by atoms with E-state index in [4.69, 9.17) is 4.74 Å². The summed E-state index contributed by atoms with van der Waals surface area (Å²) in [6, 6.07) is 15.3. The third kappa shape index (κ3) is 7.33. The Balaban J connectivity index is 0.873. The Morgan fingerprint density at radius 3 is 2.71 bits per heavy atom. The number of aromatic nitrogens is 6. The maximum atomic E-state index is 13.5. The largest absolute Gasteiger partial charge is 0.506 e. The third-order valence-electron chi connectivity index (χ3n) is 10.3. The summed E-state index contributed by atoms with van der Waals surface area (Å²) in [6.45, 7) is 3.73. The molecule has 0 aliphatic carbocycles. The number of ether oxygens (including phenoxy) is 1. The number of aryl methyl sites for hydroxylation is 2. The van der Waals surface area contributed by atoms with E-state index in [0.29, 0.717) is 52.2 Å². The number of hydrogen-bond acceptors (Lipinski definition) is 13. The van der Waals surface area contributed by atoms with Crippen LogP contribution in [0.4, 0.5) is 0 Å². The van der Waals surface area contributed by atoms with Gasteiger partial charge in [0.05, 0.1) is 36.9 Å². The van der Waals surface area contributed by atoms with Crippen molar-refractivity contribution in [1.82, 2.24) is 40.0 Å². The molecule has 1 unspecified atom stereocenters. The molecule has 8 rings (SSSR count). The first-order valence-corrected chi connectivity index (χ1v) is 20.4. The summed E-state index contributed by atoms with van der Waals surface area (Å²) >= 11 is 6.10. The van der Waals surface area contributed by atoms with Crippen LogP contribution in [0.2, 0.25) is 0 Å². The van der Waals surface area contributed by atoms with E-state index in [1.54, 1.807) is 24.3 Å². The van der Waals surface area contributed by atoms with Gasteiger partial charge >= 0.3 is 5.97 Å². The van der Waals surface area contributed by atoms with Crippen LogP contribution in [0.5, 0.6) is 5.75 Å². The van der Waals surface area contributed by atoms with Crippen molar-refractivity contribution in [2.45, 2.75) is 50.2 Å². The van der Waals surface area contributed by atoms with Crippen LogP contribution in [-0.2, 0) is 35.3 Å². The van der Waals surface area contributed by atoms with Crippen LogP contribution < -0.4 is 10.9 Å². The fraction of sp³-hybridized carbons (Fsp3) is 0.342. The minimum atomic E-state index is -1.84. The number of nitrogens with zero attached hydrogens (tertiary/aromatic N) is 6. The van der Waals surface area contributed by atoms with Crippen LogP contribution in [0.25, 0.3) is 32.8 Å². The van der Waals surface area contributed by atoms with Crippen molar-refractivity contribution in [1.29, 1.82) is 0 Å². The molecular formula is C38H39BrN8O6S2. The average Bonchev–Trinajstić information content (AvgIpc) is 4.01. The van der Waals surface area contributed by atoms with Crippen LogP contribution in [0.1, 0.15) is 46.2 Å². The number of rotatable bonds is 13. The number of halogens is 1. The smallest absolute Gasteiger partial charge is 0.349 e. The first-order chi connectivity index (χ1) is 26.6. The number of aromatic amines is 1. The molecule has 17 heteroatoms. The van der Waals surface area contributed by atoms with E-state index in [-0.39, 0.29) is 24.0 Å². The normalized spacial score (nSPS) is 15.9. The van der Waals surface area contributed by atoms with Crippen molar-refractivity contribution in [2.75, 3.05) is 26.2 Å². The average molecular weight is 848 g/mol. The number of thiophene rings is 2. The number of carbonyl (C=O) groups excluding carboxylic acids is 1. The number of benzene rings is 2. The van der Waals surface area contributed by atoms with Crippen LogP contribution in [0.3, 0.4) is 0 Å². The summed E-state index contributed by atoms with van der Waals surface area (Å²) in [6.07, 6.45) is 2.88. The molecule has 0 spiro atoms. The number of piperidine rings is 1. The van der Waals surface area contributed by atoms with Gasteiger partial charge in [-0.05, 0) is 94.6 Å². The van der Waals surface area contributed by atoms with Gasteiger partial charge in [0, 0.05) is 56.6 Å². The molecule has 0 bridgehead atoms. The molecular weight excluding hydrogens is 809 g/mol. The van der Waals surface area contributed by atoms with Crippen molar-refractivity contribution in [2.24, 2.45) is 7.05 Å². The maximum Gasteiger partial charge on any atom is 0.349 e. The Morgan fingerprint density at radius 2 is 1.95 bits per heavy atom. The zero-order chi connectivity index (χ0) is 38.3. The van der Waals surface area contributed by atoms with E-state index >= 15 is 0 Å². The van der Waals surface area contributed by atoms with Crippen LogP contribution in [-0.4, -0.2) is 88.2 Å². The van der Waals surface area contributed by atoms with Gasteiger partial charge in [-0.15, -0.1) is 27.8 Å². The SMILES string of the molecule is Cn1ncc2c(CNC[C@H](O)c3ccc(O)c4[nH]c(=O)ccc34)cc3nnn(CCCN4CCC(OC(=O)C(O)(c5cccs5)c5ccc(Br)s5)CC4)c3c21. The van der Waals surface area contributed by atoms with Crippen LogP contribution in [0, 0.1) is 0 Å². The molecule has 1 saturated heterocycles. The highest BCUT2D eigenvalue weighted by molar-refractivity contribution is 9.11. The van der Waals surface area contributed by atoms with Gasteiger partial charge in [-0.3, -0.25) is 9.48 Å². The molecule has 6 heterocycles. The van der Waals surface area contributed by atoms with Crippen molar-refractivity contribution >= 4 is 77.4 Å². The fourth-order valence-corrected chi connectivity index (χ4v) is 9.78. The van der Waals surface area contributed by atoms with Gasteiger partial charge in [-0.2, -0.15) is 5.10 Å². The molecule has 2 aromatic carbocycles. The summed E-state index contributed by atoms with van der Waals surface area (Å²) in [7, 11) is 1.90. The number of H-pyrrole nitrogens is 1. The number of aromatic hydroxyl groups is 1. The lowest BCUT2D eigenvalue weighted by Gasteiger charge is -2.33. The molecule has 1 fully saturated rings. The molecule has 0 saturated carbocycles. The Hall–Kier alpha value is -4.49. The number of nitrogens with one attached hydrogen (secondary N) is 2. The third-order valence-corrected chi connectivity index (χ3v) is 13.0. The van der Waals surface area contributed by atoms with Gasteiger partial charge in [0.25, 0.3) is 0 Å². The topological polar surface area (TPSA) is 184 Å². The summed E-state index contributed by atoms with van der Waals surface area (Å²) in [5, 5.41) is 53.3. The predicted molar refractivity (Wildman–Crippen MR) is 214 cm³/mol. The Morgan fingerprint density at radius 1 is 1.11 bits per heavy atom. The zero-order valence-corrected chi connectivity index (χ0v) is 33.0. The molecule has 2 atom stereocenters. The van der Waals surface area contributed by atoms with E-state index in [9.17, 15) is 24.9 Å². The molecule has 5 N–H and O–H groups in total. The number of carbonyl (C=O) groups is 1. The lowest BCUT2D eigenvalue weighted by molar-refractivity contribution is -0.169. The second-order valence-corrected chi connectivity index (χ2v) is 17.2. The predicted octanol–water partition coefficient (Wildman–Crippen LogP) is 4.91. The number of esters is 1. The number of phenolic OH excluding ortho intramolecular Hbond substituents is 1. The highest BCUT2D eigenvalue weighted by Gasteiger charge is 2.45. The standard InChI is InChI=1S/C38H39BrN8O6S2/c1-45-35-26(20-41-45)22(19-40-21-29(49)24-5-7-28(48)34-25(24)6-10-33(50)42-34)18-27-36(35)47(44-43-27)14-3-13-46-15-11-23(12-16-46)53-37(51)38(52,30-4-2-17-54-30)31-8-9-32(39)55-31/h2,4-10,17-18,20,23,29,40,48-49,52H,3,11-16,19,21H2,1H3,(H,42,50)/t29-,38?/m0/s1. The Labute approximate surface area is 331 Å². The number of likely N-dealkylation sites (tertiary alicyclic amines) is 1. The minimum Gasteiger partial charge on any atom is -0.506 e. The van der Waals surface area contributed by atoms with Crippen LogP contribution >= 0.6 is 38.6 Å². The Kier molecular flexibility index (Phi) is 10.6. The maximum absolute atomic E-state index is 13.5. The van der Waals surface area contributed by atoms with Gasteiger partial charge in [0.2, 0.25) is 11.2 Å². The van der Waals surface area contributed by atoms with E-state index in [1.807, 2.05) is 46.2 Å². The molecule has 286 valence electrons. The van der Waals surface area contributed by atoms with E-state index in [0.717, 1.165) is 57.3 Å². The number of aliphatic hydroxyl groups excluding tert-OH is 1. The van der Waals surface area contributed by atoms with Crippen molar-refractivity contribution < 1.29 is 24.9 Å². The number of hydrogen-bond donors (Lipinski definition) is 5. The van der Waals surface area contributed by atoms with Crippen molar-refractivity contribution in [3.8, 4) is 5.75 Å². The van der Waals surface area contributed by atoms with Gasteiger partial charge in [-0.25, -0.2) is 9.48 Å². The first-order valence-electron chi connectivity index (χ1n) is 18.0. The summed E-state index contributed by atoms with van der Waals surface area (Å²) in [5.74, 6) is -0.692. The molecule has 7 aromatic rings. The lowest BCUT2D eigenvalue weighted by Crippen LogP contribution is -2.43.